The number of carbonyl (C=O) groups excluding carboxylic acids is 3. The van der Waals surface area contributed by atoms with Crippen LogP contribution in [0.4, 0.5) is 17.5 Å². The first-order valence-electron chi connectivity index (χ1n) is 21.5. The van der Waals surface area contributed by atoms with E-state index in [-0.39, 0.29) is 79.0 Å². The van der Waals surface area contributed by atoms with Gasteiger partial charge in [-0.2, -0.15) is 4.98 Å². The summed E-state index contributed by atoms with van der Waals surface area (Å²) in [6, 6.07) is 14.4. The lowest BCUT2D eigenvalue weighted by molar-refractivity contribution is -0.142. The molecule has 1 unspecified atom stereocenters. The van der Waals surface area contributed by atoms with Gasteiger partial charge in [0.2, 0.25) is 17.8 Å². The summed E-state index contributed by atoms with van der Waals surface area (Å²) in [4.78, 5) is 86.7. The Labute approximate surface area is 369 Å². The third-order valence-electron chi connectivity index (χ3n) is 10.7. The van der Waals surface area contributed by atoms with E-state index >= 15 is 0 Å². The van der Waals surface area contributed by atoms with E-state index in [4.69, 9.17) is 21.2 Å². The second kappa shape index (κ2) is 21.4. The molecule has 0 radical (unpaired) electrons. The highest BCUT2D eigenvalue weighted by atomic mass is 16.5. The first-order valence-corrected chi connectivity index (χ1v) is 21.5. The minimum atomic E-state index is -1.16. The molecule has 2 aromatic carbocycles. The minimum Gasteiger partial charge on any atom is -0.481 e. The second-order valence-electron chi connectivity index (χ2n) is 16.6. The van der Waals surface area contributed by atoms with Crippen molar-refractivity contribution in [1.82, 2.24) is 45.1 Å². The number of aliphatic carboxylic acids is 1. The number of carboxylic acids is 1. The van der Waals surface area contributed by atoms with Crippen molar-refractivity contribution in [1.29, 1.82) is 0 Å². The van der Waals surface area contributed by atoms with E-state index in [1.54, 1.807) is 24.3 Å². The molecule has 1 atom stereocenters. The molecule has 9 N–H and O–H groups in total. The van der Waals surface area contributed by atoms with Crippen molar-refractivity contribution in [3.63, 3.8) is 0 Å². The Kier molecular flexibility index (Phi) is 15.5. The Balaban J connectivity index is 0.860. The number of nitrogen functional groups attached to an aromatic ring is 2. The molecule has 0 aliphatic heterocycles. The fourth-order valence-corrected chi connectivity index (χ4v) is 7.25. The number of nitrogens with zero attached hydrogens (tertiary/aromatic N) is 6. The van der Waals surface area contributed by atoms with Crippen LogP contribution in [0.15, 0.2) is 59.5 Å². The van der Waals surface area contributed by atoms with Gasteiger partial charge in [-0.3, -0.25) is 29.0 Å². The number of hydrogen-bond acceptors (Lipinski definition) is 14. The monoisotopic (exact) mass is 876 g/mol. The summed E-state index contributed by atoms with van der Waals surface area (Å²) in [5.41, 5.74) is 15.2. The van der Waals surface area contributed by atoms with Crippen molar-refractivity contribution in [3.8, 4) is 0 Å². The van der Waals surface area contributed by atoms with E-state index in [1.807, 2.05) is 24.3 Å². The molecule has 4 aromatic heterocycles. The van der Waals surface area contributed by atoms with Crippen LogP contribution in [0.5, 0.6) is 0 Å². The maximum absolute atomic E-state index is 13.0. The van der Waals surface area contributed by atoms with Gasteiger partial charge in [-0.05, 0) is 49.6 Å². The van der Waals surface area contributed by atoms with Crippen LogP contribution in [0.3, 0.4) is 0 Å². The number of aromatic nitrogens is 7. The van der Waals surface area contributed by atoms with E-state index in [9.17, 15) is 29.1 Å². The van der Waals surface area contributed by atoms with Crippen LogP contribution in [0.1, 0.15) is 87.6 Å². The fourth-order valence-electron chi connectivity index (χ4n) is 7.25. The number of amides is 2. The average molecular weight is 877 g/mol. The Morgan fingerprint density at radius 3 is 2.45 bits per heavy atom. The zero-order valence-corrected chi connectivity index (χ0v) is 36.4. The van der Waals surface area contributed by atoms with E-state index in [0.29, 0.717) is 60.9 Å². The lowest BCUT2D eigenvalue weighted by Crippen LogP contribution is -2.37. The van der Waals surface area contributed by atoms with Gasteiger partial charge >= 0.3 is 5.97 Å². The number of nitrogens with two attached hydrogens (primary N) is 2. The number of anilines is 3. The van der Waals surface area contributed by atoms with E-state index < -0.39 is 17.4 Å². The molecule has 6 rings (SSSR count). The van der Waals surface area contributed by atoms with Crippen LogP contribution in [-0.4, -0.2) is 89.4 Å². The highest BCUT2D eigenvalue weighted by Crippen LogP contribution is 2.32. The molecule has 0 aliphatic rings. The van der Waals surface area contributed by atoms with Crippen molar-refractivity contribution in [2.75, 3.05) is 43.1 Å². The summed E-state index contributed by atoms with van der Waals surface area (Å²) in [6.45, 7) is 8.52. The molecule has 6 aromatic rings. The van der Waals surface area contributed by atoms with Crippen LogP contribution in [0, 0.1) is 11.3 Å². The topological polar surface area (TPSA) is 288 Å². The maximum atomic E-state index is 13.0. The number of para-hydroxylation sites is 1. The predicted octanol–water partition coefficient (Wildman–Crippen LogP) is 4.54. The van der Waals surface area contributed by atoms with Crippen molar-refractivity contribution in [2.45, 2.75) is 85.2 Å². The van der Waals surface area contributed by atoms with E-state index in [2.05, 4.69) is 66.2 Å². The van der Waals surface area contributed by atoms with Crippen LogP contribution in [0.2, 0.25) is 0 Å². The van der Waals surface area contributed by atoms with Crippen molar-refractivity contribution in [3.05, 3.63) is 82.2 Å². The normalized spacial score (nSPS) is 12.1. The first-order chi connectivity index (χ1) is 30.7. The first kappa shape index (κ1) is 46.5. The van der Waals surface area contributed by atoms with Gasteiger partial charge in [-0.15, -0.1) is 0 Å². The lowest BCUT2D eigenvalue weighted by atomic mass is 9.93. The third kappa shape index (κ3) is 12.3. The number of fused-ring (bicyclic) bond motifs is 4. The number of rotatable bonds is 24. The van der Waals surface area contributed by atoms with Crippen molar-refractivity contribution in [2.24, 2.45) is 11.3 Å². The predicted molar refractivity (Wildman–Crippen MR) is 243 cm³/mol. The Hall–Kier alpha value is -7.02. The molecule has 0 saturated heterocycles. The molecule has 2 amide bonds. The number of pyridine rings is 1. The summed E-state index contributed by atoms with van der Waals surface area (Å²) in [5, 5.41) is 19.7. The number of carboxylic acid groups (broad SMARTS) is 1. The molecule has 19 heteroatoms. The molecule has 4 heterocycles. The molecule has 0 bridgehead atoms. The Morgan fingerprint density at radius 1 is 0.922 bits per heavy atom. The van der Waals surface area contributed by atoms with Gasteiger partial charge in [0.1, 0.15) is 11.3 Å². The number of unbranched alkanes of at least 4 members (excludes halogenated alkanes) is 1. The Bertz CT molecular complexity index is 2680. The molecule has 0 spiro atoms. The number of Topliss-reactive ketones (excluding diaryl/α,β-unsaturated/α-hetero) is 1. The number of aryl methyl sites for hydroxylation is 1. The summed E-state index contributed by atoms with van der Waals surface area (Å²) >= 11 is 0. The smallest absolute Gasteiger partial charge is 0.306 e. The largest absolute Gasteiger partial charge is 0.481 e. The number of benzene rings is 2. The van der Waals surface area contributed by atoms with Crippen molar-refractivity contribution < 1.29 is 29.0 Å². The maximum Gasteiger partial charge on any atom is 0.306 e. The number of ketones is 1. The molecule has 0 fully saturated rings. The summed E-state index contributed by atoms with van der Waals surface area (Å²) in [7, 11) is 0. The zero-order chi connectivity index (χ0) is 45.8. The molecule has 64 heavy (non-hydrogen) atoms. The summed E-state index contributed by atoms with van der Waals surface area (Å²) in [6.07, 6.45) is 4.66. The molecule has 0 aliphatic carbocycles. The number of ether oxygens (including phenoxy) is 1. The zero-order valence-electron chi connectivity index (χ0n) is 36.4. The number of imidazole rings is 1. The SMILES string of the molecule is CCCCc1nc2c(N)nc3ccccc3c2n1CC(C)(C)CNC(=O)CCOCCCNC(=O)CCC(CC(=O)c1ccc(NCc2cnc3nc(N)[nH]c(=O)c3n2)cc1)C(=O)O. The van der Waals surface area contributed by atoms with Crippen molar-refractivity contribution >= 4 is 74.1 Å². The molecular weight excluding hydrogens is 821 g/mol. The number of nitrogens with one attached hydrogen (secondary N) is 4. The minimum absolute atomic E-state index is 0.00530. The molecule has 19 nitrogen and oxygen atoms in total. The highest BCUT2D eigenvalue weighted by molar-refractivity contribution is 6.06. The third-order valence-corrected chi connectivity index (χ3v) is 10.7. The van der Waals surface area contributed by atoms with Gasteiger partial charge in [0.15, 0.2) is 22.8 Å². The van der Waals surface area contributed by atoms with Crippen LogP contribution in [-0.2, 0) is 38.6 Å². The highest BCUT2D eigenvalue weighted by Gasteiger charge is 2.26. The second-order valence-corrected chi connectivity index (χ2v) is 16.6. The quantitative estimate of drug-likeness (QED) is 0.0325. The molecule has 0 saturated carbocycles. The number of H-pyrrole nitrogens is 1. The number of carbonyl (C=O) groups is 4. The van der Waals surface area contributed by atoms with E-state index in [0.717, 1.165) is 41.5 Å². The van der Waals surface area contributed by atoms with Gasteiger partial charge in [-0.25, -0.2) is 19.9 Å². The van der Waals surface area contributed by atoms with Gasteiger partial charge in [0, 0.05) is 74.0 Å². The Morgan fingerprint density at radius 2 is 1.69 bits per heavy atom. The van der Waals surface area contributed by atoms with Crippen LogP contribution < -0.4 is 33.0 Å². The van der Waals surface area contributed by atoms with Crippen LogP contribution >= 0.6 is 0 Å². The number of hydrogen-bond donors (Lipinski definition) is 7. The van der Waals surface area contributed by atoms with Gasteiger partial charge in [-0.1, -0.05) is 45.4 Å². The standard InChI is InChI=1S/C45H56N12O7/c1-4-5-11-34-54-37-39(31-9-6-7-10-32(31)53-40(37)46)57(34)26-45(2,3)25-51-36(60)18-21-64-20-8-19-48-35(59)17-14-28(43(62)63)22-33(58)27-12-15-29(16-13-27)49-23-30-24-50-41-38(52-30)42(61)56-44(47)55-41/h6-7,9-10,12-13,15-16,24,28,49H,4-5,8,11,14,17-23,25-26H2,1-3H3,(H2,46,53)(H,48,59)(H,51,60)(H,62,63)(H3,47,50,55,56,61). The summed E-state index contributed by atoms with van der Waals surface area (Å²) < 4.78 is 7.89. The van der Waals surface area contributed by atoms with Gasteiger partial charge in [0.25, 0.3) is 5.56 Å². The molecule has 338 valence electrons. The average Bonchev–Trinajstić information content (AvgIpc) is 3.63. The fraction of sp³-hybridized carbons (Fsp3) is 0.422. The summed E-state index contributed by atoms with van der Waals surface area (Å²) in [5.74, 6) is -1.71. The number of aromatic amines is 1. The van der Waals surface area contributed by atoms with Gasteiger partial charge in [0.05, 0.1) is 42.0 Å². The van der Waals surface area contributed by atoms with Gasteiger partial charge < -0.3 is 41.8 Å². The molecular formula is C45H56N12O7. The van der Waals surface area contributed by atoms with Crippen LogP contribution in [0.25, 0.3) is 33.1 Å². The lowest BCUT2D eigenvalue weighted by Gasteiger charge is -2.27. The van der Waals surface area contributed by atoms with E-state index in [1.165, 1.54) is 6.20 Å².